The number of benzene rings is 2. The first-order valence-corrected chi connectivity index (χ1v) is 11.5. The fourth-order valence-electron chi connectivity index (χ4n) is 2.93. The van der Waals surface area contributed by atoms with E-state index in [9.17, 15) is 4.79 Å². The molecule has 0 N–H and O–H groups in total. The molecule has 154 valence electrons. The number of nitrogens with zero attached hydrogens (tertiary/aromatic N) is 2. The predicted molar refractivity (Wildman–Crippen MR) is 123 cm³/mol. The van der Waals surface area contributed by atoms with E-state index in [1.807, 2.05) is 54.6 Å². The number of ether oxygens (including phenoxy) is 1. The van der Waals surface area contributed by atoms with Gasteiger partial charge in [-0.15, -0.1) is 11.8 Å². The maximum atomic E-state index is 13.1. The molecule has 0 radical (unpaired) electrons. The van der Waals surface area contributed by atoms with Gasteiger partial charge in [-0.1, -0.05) is 29.0 Å². The van der Waals surface area contributed by atoms with Crippen molar-refractivity contribution in [2.24, 2.45) is 0 Å². The summed E-state index contributed by atoms with van der Waals surface area (Å²) in [6.07, 6.45) is 1.98. The van der Waals surface area contributed by atoms with Crippen molar-refractivity contribution >= 4 is 56.0 Å². The first-order chi connectivity index (χ1) is 14.6. The molecule has 2 heterocycles. The van der Waals surface area contributed by atoms with Crippen LogP contribution < -0.4 is 9.64 Å². The Kier molecular flexibility index (Phi) is 6.62. The standard InChI is InChI=1S/C22H19ClN2O3S2/c1-27-18-5-2-6-19-21(18)24-22(30-19)25(14-16-4-3-12-28-16)20(26)11-13-29-17-9-7-15(23)8-10-17/h2-10,12H,11,13-14H2,1H3. The van der Waals surface area contributed by atoms with E-state index >= 15 is 0 Å². The number of para-hydroxylation sites is 1. The Morgan fingerprint density at radius 3 is 2.77 bits per heavy atom. The predicted octanol–water partition coefficient (Wildman–Crippen LogP) is 6.27. The lowest BCUT2D eigenvalue weighted by atomic mass is 10.3. The summed E-state index contributed by atoms with van der Waals surface area (Å²) in [5, 5.41) is 1.33. The van der Waals surface area contributed by atoms with Gasteiger partial charge in [-0.25, -0.2) is 4.98 Å². The number of thioether (sulfide) groups is 1. The number of anilines is 1. The largest absolute Gasteiger partial charge is 0.494 e. The molecule has 1 amide bonds. The van der Waals surface area contributed by atoms with Crippen molar-refractivity contribution in [2.75, 3.05) is 17.8 Å². The summed E-state index contributed by atoms with van der Waals surface area (Å²) < 4.78 is 11.9. The highest BCUT2D eigenvalue weighted by molar-refractivity contribution is 7.99. The third-order valence-corrected chi connectivity index (χ3v) is 6.72. The third kappa shape index (κ3) is 4.80. The van der Waals surface area contributed by atoms with Gasteiger partial charge >= 0.3 is 0 Å². The second kappa shape index (κ2) is 9.55. The number of amides is 1. The normalized spacial score (nSPS) is 11.0. The fraction of sp³-hybridized carbons (Fsp3) is 0.182. The van der Waals surface area contributed by atoms with E-state index in [-0.39, 0.29) is 5.91 Å². The number of hydrogen-bond donors (Lipinski definition) is 0. The molecule has 4 rings (SSSR count). The van der Waals surface area contributed by atoms with E-state index in [4.69, 9.17) is 25.7 Å². The van der Waals surface area contributed by atoms with Crippen LogP contribution in [0.1, 0.15) is 12.2 Å². The highest BCUT2D eigenvalue weighted by atomic mass is 35.5. The molecular weight excluding hydrogens is 440 g/mol. The minimum atomic E-state index is -0.00844. The van der Waals surface area contributed by atoms with E-state index in [1.54, 1.807) is 30.0 Å². The second-order valence-electron chi connectivity index (χ2n) is 6.42. The maximum Gasteiger partial charge on any atom is 0.230 e. The van der Waals surface area contributed by atoms with Gasteiger partial charge in [0, 0.05) is 22.1 Å². The Bertz CT molecular complexity index is 1130. The van der Waals surface area contributed by atoms with Crippen LogP contribution in [0.2, 0.25) is 5.02 Å². The van der Waals surface area contributed by atoms with Crippen LogP contribution >= 0.6 is 34.7 Å². The average Bonchev–Trinajstić information content (AvgIpc) is 3.42. The van der Waals surface area contributed by atoms with Crippen LogP contribution in [0.25, 0.3) is 10.2 Å². The molecule has 0 unspecified atom stereocenters. The summed E-state index contributed by atoms with van der Waals surface area (Å²) in [6.45, 7) is 0.333. The molecule has 0 saturated heterocycles. The van der Waals surface area contributed by atoms with E-state index in [1.165, 1.54) is 11.3 Å². The molecule has 2 aromatic heterocycles. The van der Waals surface area contributed by atoms with Gasteiger partial charge in [0.1, 0.15) is 17.0 Å². The van der Waals surface area contributed by atoms with Crippen molar-refractivity contribution in [3.8, 4) is 5.75 Å². The molecule has 0 aliphatic heterocycles. The Morgan fingerprint density at radius 1 is 1.20 bits per heavy atom. The van der Waals surface area contributed by atoms with Gasteiger partial charge in [0.05, 0.1) is 24.6 Å². The summed E-state index contributed by atoms with van der Waals surface area (Å²) in [5.74, 6) is 2.05. The number of rotatable bonds is 8. The zero-order valence-corrected chi connectivity index (χ0v) is 18.6. The van der Waals surface area contributed by atoms with E-state index in [0.29, 0.717) is 40.4 Å². The van der Waals surface area contributed by atoms with Crippen LogP contribution in [0.15, 0.2) is 70.2 Å². The van der Waals surface area contributed by atoms with Gasteiger partial charge in [-0.05, 0) is 48.5 Å². The summed E-state index contributed by atoms with van der Waals surface area (Å²) in [7, 11) is 1.62. The number of fused-ring (bicyclic) bond motifs is 1. The quantitative estimate of drug-likeness (QED) is 0.291. The average molecular weight is 459 g/mol. The topological polar surface area (TPSA) is 55.6 Å². The lowest BCUT2D eigenvalue weighted by molar-refractivity contribution is -0.118. The summed E-state index contributed by atoms with van der Waals surface area (Å²) in [6, 6.07) is 17.1. The van der Waals surface area contributed by atoms with Crippen molar-refractivity contribution in [3.63, 3.8) is 0 Å². The zero-order valence-electron chi connectivity index (χ0n) is 16.2. The van der Waals surface area contributed by atoms with Crippen LogP contribution in [0.3, 0.4) is 0 Å². The number of aromatic nitrogens is 1. The van der Waals surface area contributed by atoms with E-state index in [2.05, 4.69) is 0 Å². The van der Waals surface area contributed by atoms with Crippen molar-refractivity contribution in [1.82, 2.24) is 4.98 Å². The van der Waals surface area contributed by atoms with Crippen molar-refractivity contribution < 1.29 is 13.9 Å². The number of halogens is 1. The molecular formula is C22H19ClN2O3S2. The third-order valence-electron chi connectivity index (χ3n) is 4.41. The highest BCUT2D eigenvalue weighted by Crippen LogP contribution is 2.35. The van der Waals surface area contributed by atoms with Crippen LogP contribution in [0.4, 0.5) is 5.13 Å². The van der Waals surface area contributed by atoms with Gasteiger partial charge in [-0.3, -0.25) is 9.69 Å². The first-order valence-electron chi connectivity index (χ1n) is 9.28. The van der Waals surface area contributed by atoms with Crippen molar-refractivity contribution in [2.45, 2.75) is 17.9 Å². The smallest absolute Gasteiger partial charge is 0.230 e. The van der Waals surface area contributed by atoms with Gasteiger partial charge in [0.25, 0.3) is 0 Å². The molecule has 0 aliphatic carbocycles. The van der Waals surface area contributed by atoms with Crippen molar-refractivity contribution in [1.29, 1.82) is 0 Å². The summed E-state index contributed by atoms with van der Waals surface area (Å²) >= 11 is 9.02. The second-order valence-corrected chi connectivity index (χ2v) is 9.03. The molecule has 0 aliphatic rings. The zero-order chi connectivity index (χ0) is 20.9. The Balaban J connectivity index is 1.53. The van der Waals surface area contributed by atoms with E-state index < -0.39 is 0 Å². The maximum absolute atomic E-state index is 13.1. The van der Waals surface area contributed by atoms with Crippen LogP contribution in [0.5, 0.6) is 5.75 Å². The number of methoxy groups -OCH3 is 1. The van der Waals surface area contributed by atoms with Crippen LogP contribution in [-0.2, 0) is 11.3 Å². The number of hydrogen-bond acceptors (Lipinski definition) is 6. The molecule has 0 atom stereocenters. The van der Waals surface area contributed by atoms with Crippen LogP contribution in [-0.4, -0.2) is 23.8 Å². The highest BCUT2D eigenvalue weighted by Gasteiger charge is 2.22. The first kappa shape index (κ1) is 20.8. The Hall–Kier alpha value is -2.48. The lowest BCUT2D eigenvalue weighted by Gasteiger charge is -2.18. The number of furan rings is 1. The van der Waals surface area contributed by atoms with Crippen molar-refractivity contribution in [3.05, 3.63) is 71.6 Å². The minimum absolute atomic E-state index is 0.00844. The number of carbonyl (C=O) groups excluding carboxylic acids is 1. The summed E-state index contributed by atoms with van der Waals surface area (Å²) in [5.41, 5.74) is 0.757. The lowest BCUT2D eigenvalue weighted by Crippen LogP contribution is -2.30. The van der Waals surface area contributed by atoms with Gasteiger partial charge in [0.15, 0.2) is 5.13 Å². The Morgan fingerprint density at radius 2 is 2.03 bits per heavy atom. The molecule has 0 fully saturated rings. The molecule has 2 aromatic carbocycles. The van der Waals surface area contributed by atoms with Crippen LogP contribution in [0, 0.1) is 0 Å². The van der Waals surface area contributed by atoms with Gasteiger partial charge in [0.2, 0.25) is 5.91 Å². The van der Waals surface area contributed by atoms with Gasteiger partial charge in [-0.2, -0.15) is 0 Å². The molecule has 0 bridgehead atoms. The molecule has 8 heteroatoms. The molecule has 30 heavy (non-hydrogen) atoms. The SMILES string of the molecule is COc1cccc2sc(N(Cc3ccco3)C(=O)CCSc3ccc(Cl)cc3)nc12. The molecule has 4 aromatic rings. The molecule has 5 nitrogen and oxygen atoms in total. The fourth-order valence-corrected chi connectivity index (χ4v) is 4.90. The summed E-state index contributed by atoms with van der Waals surface area (Å²) in [4.78, 5) is 20.6. The Labute approximate surface area is 187 Å². The number of carbonyl (C=O) groups is 1. The molecule has 0 spiro atoms. The van der Waals surface area contributed by atoms with Gasteiger partial charge < -0.3 is 9.15 Å². The monoisotopic (exact) mass is 458 g/mol. The molecule has 0 saturated carbocycles. The van der Waals surface area contributed by atoms with E-state index in [0.717, 1.165) is 15.1 Å². The number of thiazole rings is 1. The minimum Gasteiger partial charge on any atom is -0.494 e.